The normalized spacial score (nSPS) is 21.8. The molecule has 1 aliphatic rings. The summed E-state index contributed by atoms with van der Waals surface area (Å²) < 4.78 is 4.76. The average Bonchev–Trinajstić information content (AvgIpc) is 3.07. The number of amides is 1. The van der Waals surface area contributed by atoms with Crippen molar-refractivity contribution in [3.05, 3.63) is 15.8 Å². The van der Waals surface area contributed by atoms with Gasteiger partial charge in [-0.3, -0.25) is 4.79 Å². The van der Waals surface area contributed by atoms with Gasteiger partial charge in [0.05, 0.1) is 18.2 Å². The summed E-state index contributed by atoms with van der Waals surface area (Å²) in [7, 11) is 1.34. The maximum atomic E-state index is 12.6. The van der Waals surface area contributed by atoms with Crippen molar-refractivity contribution in [3.8, 4) is 0 Å². The van der Waals surface area contributed by atoms with Gasteiger partial charge < -0.3 is 15.4 Å². The van der Waals surface area contributed by atoms with Crippen molar-refractivity contribution < 1.29 is 14.3 Å². The summed E-state index contributed by atoms with van der Waals surface area (Å²) in [6.45, 7) is 5.44. The van der Waals surface area contributed by atoms with E-state index in [1.807, 2.05) is 19.2 Å². The Morgan fingerprint density at radius 3 is 2.85 bits per heavy atom. The third-order valence-electron chi connectivity index (χ3n) is 3.99. The molecule has 2 heterocycles. The van der Waals surface area contributed by atoms with Crippen molar-refractivity contribution >= 4 is 28.9 Å². The van der Waals surface area contributed by atoms with E-state index < -0.39 is 5.97 Å². The lowest BCUT2D eigenvalue weighted by Gasteiger charge is -2.25. The highest BCUT2D eigenvalue weighted by molar-refractivity contribution is 7.12. The third-order valence-corrected chi connectivity index (χ3v) is 5.06. The number of thiophene rings is 1. The van der Waals surface area contributed by atoms with Gasteiger partial charge in [-0.05, 0) is 37.3 Å². The standard InChI is InChI=1S/C14H20N2O3S/c1-4-14(5-6-15-8-14)13(18)16-10-9(2)7-20-11(10)12(17)19-3/h7,15H,4-6,8H2,1-3H3,(H,16,18). The fraction of sp³-hybridized carbons (Fsp3) is 0.571. The van der Waals surface area contributed by atoms with E-state index in [1.54, 1.807) is 0 Å². The lowest BCUT2D eigenvalue weighted by molar-refractivity contribution is -0.124. The molecule has 2 N–H and O–H groups in total. The molecule has 0 saturated carbocycles. The SMILES string of the molecule is CCC1(C(=O)Nc2c(C)csc2C(=O)OC)CCNC1. The second kappa shape index (κ2) is 5.93. The van der Waals surface area contributed by atoms with E-state index in [4.69, 9.17) is 4.74 Å². The molecule has 1 aromatic rings. The molecule has 6 heteroatoms. The topological polar surface area (TPSA) is 67.4 Å². The lowest BCUT2D eigenvalue weighted by atomic mass is 9.83. The number of ether oxygens (including phenoxy) is 1. The maximum Gasteiger partial charge on any atom is 0.350 e. The van der Waals surface area contributed by atoms with Gasteiger partial charge in [-0.25, -0.2) is 4.79 Å². The van der Waals surface area contributed by atoms with Crippen molar-refractivity contribution in [2.24, 2.45) is 5.41 Å². The van der Waals surface area contributed by atoms with E-state index in [2.05, 4.69) is 10.6 Å². The summed E-state index contributed by atoms with van der Waals surface area (Å²) in [6, 6.07) is 0. The largest absolute Gasteiger partial charge is 0.465 e. The van der Waals surface area contributed by atoms with Crippen LogP contribution < -0.4 is 10.6 Å². The summed E-state index contributed by atoms with van der Waals surface area (Å²) in [6.07, 6.45) is 1.61. The lowest BCUT2D eigenvalue weighted by Crippen LogP contribution is -2.38. The number of methoxy groups -OCH3 is 1. The number of esters is 1. The molecule has 0 radical (unpaired) electrons. The van der Waals surface area contributed by atoms with Gasteiger partial charge in [-0.15, -0.1) is 11.3 Å². The highest BCUT2D eigenvalue weighted by atomic mass is 32.1. The van der Waals surface area contributed by atoms with Crippen LogP contribution in [-0.2, 0) is 9.53 Å². The van der Waals surface area contributed by atoms with E-state index in [0.717, 1.165) is 24.9 Å². The zero-order valence-electron chi connectivity index (χ0n) is 12.0. The Balaban J connectivity index is 2.23. The van der Waals surface area contributed by atoms with Crippen LogP contribution in [0.5, 0.6) is 0 Å². The first kappa shape index (κ1) is 15.0. The highest BCUT2D eigenvalue weighted by Gasteiger charge is 2.40. The molecular weight excluding hydrogens is 276 g/mol. The summed E-state index contributed by atoms with van der Waals surface area (Å²) in [5.74, 6) is -0.426. The van der Waals surface area contributed by atoms with Gasteiger partial charge in [0.25, 0.3) is 0 Å². The zero-order valence-corrected chi connectivity index (χ0v) is 12.9. The van der Waals surface area contributed by atoms with Crippen molar-refractivity contribution in [2.75, 3.05) is 25.5 Å². The fourth-order valence-corrected chi connectivity index (χ4v) is 3.41. The molecule has 1 unspecified atom stereocenters. The number of hydrogen-bond acceptors (Lipinski definition) is 5. The molecule has 2 rings (SSSR count). The number of carbonyl (C=O) groups excluding carboxylic acids is 2. The van der Waals surface area contributed by atoms with Crippen LogP contribution in [0.1, 0.15) is 35.0 Å². The van der Waals surface area contributed by atoms with E-state index in [9.17, 15) is 9.59 Å². The van der Waals surface area contributed by atoms with Crippen LogP contribution in [0.25, 0.3) is 0 Å². The molecule has 110 valence electrons. The molecule has 1 fully saturated rings. The summed E-state index contributed by atoms with van der Waals surface area (Å²) in [5.41, 5.74) is 1.11. The van der Waals surface area contributed by atoms with E-state index >= 15 is 0 Å². The summed E-state index contributed by atoms with van der Waals surface area (Å²) in [5, 5.41) is 8.03. The van der Waals surface area contributed by atoms with Gasteiger partial charge in [0, 0.05) is 6.54 Å². The molecule has 0 aliphatic carbocycles. The van der Waals surface area contributed by atoms with Gasteiger partial charge in [0.15, 0.2) is 0 Å². The molecule has 1 aromatic heterocycles. The van der Waals surface area contributed by atoms with Crippen LogP contribution in [0.15, 0.2) is 5.38 Å². The first-order valence-electron chi connectivity index (χ1n) is 6.72. The van der Waals surface area contributed by atoms with Crippen LogP contribution in [0, 0.1) is 12.3 Å². The molecule has 0 spiro atoms. The van der Waals surface area contributed by atoms with Crippen molar-refractivity contribution in [2.45, 2.75) is 26.7 Å². The van der Waals surface area contributed by atoms with Gasteiger partial charge in [-0.2, -0.15) is 0 Å². The number of hydrogen-bond donors (Lipinski definition) is 2. The van der Waals surface area contributed by atoms with Gasteiger partial charge in [-0.1, -0.05) is 6.92 Å². The number of aryl methyl sites for hydroxylation is 1. The number of rotatable bonds is 4. The highest BCUT2D eigenvalue weighted by Crippen LogP contribution is 2.34. The minimum Gasteiger partial charge on any atom is -0.465 e. The molecule has 0 bridgehead atoms. The molecule has 1 saturated heterocycles. The number of anilines is 1. The summed E-state index contributed by atoms with van der Waals surface area (Å²) in [4.78, 5) is 24.8. The second-order valence-electron chi connectivity index (χ2n) is 5.13. The van der Waals surface area contributed by atoms with Crippen LogP contribution in [0.4, 0.5) is 5.69 Å². The van der Waals surface area contributed by atoms with Crippen molar-refractivity contribution in [1.29, 1.82) is 0 Å². The molecule has 1 aliphatic heterocycles. The van der Waals surface area contributed by atoms with Gasteiger partial charge in [0.2, 0.25) is 5.91 Å². The fourth-order valence-electron chi connectivity index (χ4n) is 2.49. The molecular formula is C14H20N2O3S. The predicted octanol–water partition coefficient (Wildman–Crippen LogP) is 2.17. The molecule has 0 aromatic carbocycles. The quantitative estimate of drug-likeness (QED) is 0.836. The Hall–Kier alpha value is -1.40. The predicted molar refractivity (Wildman–Crippen MR) is 79.2 cm³/mol. The first-order valence-corrected chi connectivity index (χ1v) is 7.60. The van der Waals surface area contributed by atoms with Crippen LogP contribution in [0.2, 0.25) is 0 Å². The maximum absolute atomic E-state index is 12.6. The Morgan fingerprint density at radius 1 is 1.55 bits per heavy atom. The van der Waals surface area contributed by atoms with Crippen LogP contribution >= 0.6 is 11.3 Å². The Labute approximate surface area is 122 Å². The minimum absolute atomic E-state index is 0.0170. The van der Waals surface area contributed by atoms with Gasteiger partial charge >= 0.3 is 5.97 Å². The minimum atomic E-state index is -0.409. The Morgan fingerprint density at radius 2 is 2.30 bits per heavy atom. The number of carbonyl (C=O) groups is 2. The van der Waals surface area contributed by atoms with E-state index in [0.29, 0.717) is 17.1 Å². The zero-order chi connectivity index (χ0) is 14.8. The van der Waals surface area contributed by atoms with E-state index in [-0.39, 0.29) is 11.3 Å². The molecule has 5 nitrogen and oxygen atoms in total. The van der Waals surface area contributed by atoms with Crippen molar-refractivity contribution in [1.82, 2.24) is 5.32 Å². The molecule has 1 atom stereocenters. The second-order valence-corrected chi connectivity index (χ2v) is 6.01. The van der Waals surface area contributed by atoms with Crippen LogP contribution in [0.3, 0.4) is 0 Å². The van der Waals surface area contributed by atoms with Gasteiger partial charge in [0.1, 0.15) is 4.88 Å². The van der Waals surface area contributed by atoms with E-state index in [1.165, 1.54) is 18.4 Å². The molecule has 20 heavy (non-hydrogen) atoms. The smallest absolute Gasteiger partial charge is 0.350 e. The number of nitrogens with one attached hydrogen (secondary N) is 2. The van der Waals surface area contributed by atoms with Crippen LogP contribution in [-0.4, -0.2) is 32.1 Å². The summed E-state index contributed by atoms with van der Waals surface area (Å²) >= 11 is 1.30. The Bertz CT molecular complexity index is 518. The third kappa shape index (κ3) is 2.58. The molecule has 1 amide bonds. The monoisotopic (exact) mass is 296 g/mol. The Kier molecular flexibility index (Phi) is 4.45. The van der Waals surface area contributed by atoms with Crippen molar-refractivity contribution in [3.63, 3.8) is 0 Å². The first-order chi connectivity index (χ1) is 9.54. The average molecular weight is 296 g/mol.